The van der Waals surface area contributed by atoms with E-state index in [-0.39, 0.29) is 11.9 Å². The summed E-state index contributed by atoms with van der Waals surface area (Å²) in [7, 11) is 0. The molecule has 106 valence electrons. The number of nitrogens with zero attached hydrogens (tertiary/aromatic N) is 2. The van der Waals surface area contributed by atoms with Crippen molar-refractivity contribution in [2.75, 3.05) is 18.4 Å². The zero-order valence-electron chi connectivity index (χ0n) is 12.1. The van der Waals surface area contributed by atoms with Crippen molar-refractivity contribution in [2.24, 2.45) is 5.92 Å². The SMILES string of the molecule is C[C@@H]1CCCN([C@@H](C)C(=O)Nc2ccccc2C#N)C1. The maximum absolute atomic E-state index is 12.3. The zero-order chi connectivity index (χ0) is 14.5. The molecule has 0 aromatic heterocycles. The number of carbonyl (C=O) groups is 1. The molecule has 0 bridgehead atoms. The first-order valence-electron chi connectivity index (χ1n) is 7.16. The van der Waals surface area contributed by atoms with Gasteiger partial charge in [0.15, 0.2) is 0 Å². The third-order valence-electron chi connectivity index (χ3n) is 3.92. The first kappa shape index (κ1) is 14.5. The van der Waals surface area contributed by atoms with Gasteiger partial charge in [-0.15, -0.1) is 0 Å². The molecule has 0 radical (unpaired) electrons. The van der Waals surface area contributed by atoms with Gasteiger partial charge in [-0.3, -0.25) is 9.69 Å². The monoisotopic (exact) mass is 271 g/mol. The standard InChI is InChI=1S/C16H21N3O/c1-12-6-5-9-19(11-12)13(2)16(20)18-15-8-4-3-7-14(15)10-17/h3-4,7-8,12-13H,5-6,9,11H2,1-2H3,(H,18,20)/t12-,13+/m1/s1. The molecule has 0 saturated carbocycles. The Morgan fingerprint density at radius 1 is 1.50 bits per heavy atom. The van der Waals surface area contributed by atoms with Crippen LogP contribution in [0.5, 0.6) is 0 Å². The van der Waals surface area contributed by atoms with Gasteiger partial charge < -0.3 is 5.32 Å². The van der Waals surface area contributed by atoms with Crippen LogP contribution in [0.25, 0.3) is 0 Å². The van der Waals surface area contributed by atoms with Gasteiger partial charge in [0.2, 0.25) is 5.91 Å². The lowest BCUT2D eigenvalue weighted by Crippen LogP contribution is -2.46. The Hall–Kier alpha value is -1.86. The number of rotatable bonds is 3. The average molecular weight is 271 g/mol. The normalized spacial score (nSPS) is 20.9. The van der Waals surface area contributed by atoms with Gasteiger partial charge in [0, 0.05) is 6.54 Å². The molecule has 0 unspecified atom stereocenters. The van der Waals surface area contributed by atoms with Crippen molar-refractivity contribution in [3.05, 3.63) is 29.8 Å². The minimum absolute atomic E-state index is 0.0400. The lowest BCUT2D eigenvalue weighted by molar-refractivity contribution is -0.121. The fourth-order valence-corrected chi connectivity index (χ4v) is 2.67. The van der Waals surface area contributed by atoms with Gasteiger partial charge in [0.1, 0.15) is 6.07 Å². The van der Waals surface area contributed by atoms with Crippen LogP contribution in [-0.2, 0) is 4.79 Å². The second-order valence-electron chi connectivity index (χ2n) is 5.56. The fourth-order valence-electron chi connectivity index (χ4n) is 2.67. The molecule has 1 heterocycles. The van der Waals surface area contributed by atoms with Crippen LogP contribution in [0, 0.1) is 17.2 Å². The van der Waals surface area contributed by atoms with Crippen LogP contribution >= 0.6 is 0 Å². The summed E-state index contributed by atoms with van der Waals surface area (Å²) in [6.07, 6.45) is 2.38. The Labute approximate surface area is 120 Å². The molecule has 1 N–H and O–H groups in total. The van der Waals surface area contributed by atoms with Gasteiger partial charge in [0.25, 0.3) is 0 Å². The van der Waals surface area contributed by atoms with E-state index >= 15 is 0 Å². The van der Waals surface area contributed by atoms with E-state index in [1.807, 2.05) is 13.0 Å². The van der Waals surface area contributed by atoms with E-state index in [2.05, 4.69) is 23.2 Å². The van der Waals surface area contributed by atoms with E-state index in [1.165, 1.54) is 6.42 Å². The Kier molecular flexibility index (Phi) is 4.75. The van der Waals surface area contributed by atoms with Crippen LogP contribution in [0.3, 0.4) is 0 Å². The number of hydrogen-bond donors (Lipinski definition) is 1. The number of anilines is 1. The number of piperidine rings is 1. The van der Waals surface area contributed by atoms with Gasteiger partial charge >= 0.3 is 0 Å². The molecule has 20 heavy (non-hydrogen) atoms. The number of nitrogens with one attached hydrogen (secondary N) is 1. The third-order valence-corrected chi connectivity index (χ3v) is 3.92. The van der Waals surface area contributed by atoms with Crippen molar-refractivity contribution < 1.29 is 4.79 Å². The second-order valence-corrected chi connectivity index (χ2v) is 5.56. The van der Waals surface area contributed by atoms with Gasteiger partial charge in [-0.2, -0.15) is 5.26 Å². The number of para-hydroxylation sites is 1. The van der Waals surface area contributed by atoms with E-state index in [1.54, 1.807) is 18.2 Å². The molecule has 4 nitrogen and oxygen atoms in total. The lowest BCUT2D eigenvalue weighted by Gasteiger charge is -2.34. The van der Waals surface area contributed by atoms with Crippen LogP contribution in [0.1, 0.15) is 32.3 Å². The molecular weight excluding hydrogens is 250 g/mol. The fraction of sp³-hybridized carbons (Fsp3) is 0.500. The molecule has 1 aromatic carbocycles. The summed E-state index contributed by atoms with van der Waals surface area (Å²) in [6.45, 7) is 6.09. The molecule has 4 heteroatoms. The molecule has 1 aliphatic heterocycles. The topological polar surface area (TPSA) is 56.1 Å². The Morgan fingerprint density at radius 2 is 2.25 bits per heavy atom. The predicted molar refractivity (Wildman–Crippen MR) is 79.2 cm³/mol. The highest BCUT2D eigenvalue weighted by Gasteiger charge is 2.25. The molecule has 1 aromatic rings. The molecule has 2 rings (SSSR count). The van der Waals surface area contributed by atoms with Gasteiger partial charge in [-0.1, -0.05) is 19.1 Å². The van der Waals surface area contributed by atoms with Crippen LogP contribution < -0.4 is 5.32 Å². The van der Waals surface area contributed by atoms with Crippen molar-refractivity contribution >= 4 is 11.6 Å². The summed E-state index contributed by atoms with van der Waals surface area (Å²) >= 11 is 0. The Morgan fingerprint density at radius 3 is 2.95 bits per heavy atom. The number of benzene rings is 1. The van der Waals surface area contributed by atoms with E-state index in [0.29, 0.717) is 17.2 Å². The smallest absolute Gasteiger partial charge is 0.241 e. The predicted octanol–water partition coefficient (Wildman–Crippen LogP) is 2.62. The van der Waals surface area contributed by atoms with Gasteiger partial charge in [-0.05, 0) is 44.4 Å². The molecule has 0 spiro atoms. The van der Waals surface area contributed by atoms with Crippen LogP contribution in [-0.4, -0.2) is 29.9 Å². The number of amides is 1. The van der Waals surface area contributed by atoms with Crippen LogP contribution in [0.15, 0.2) is 24.3 Å². The van der Waals surface area contributed by atoms with Gasteiger partial charge in [0.05, 0.1) is 17.3 Å². The van der Waals surface area contributed by atoms with Crippen molar-refractivity contribution in [1.29, 1.82) is 5.26 Å². The summed E-state index contributed by atoms with van der Waals surface area (Å²) in [5.74, 6) is 0.604. The minimum atomic E-state index is -0.163. The lowest BCUT2D eigenvalue weighted by atomic mass is 9.99. The minimum Gasteiger partial charge on any atom is -0.324 e. The van der Waals surface area contributed by atoms with Gasteiger partial charge in [-0.25, -0.2) is 0 Å². The van der Waals surface area contributed by atoms with Crippen LogP contribution in [0.4, 0.5) is 5.69 Å². The highest BCUT2D eigenvalue weighted by atomic mass is 16.2. The van der Waals surface area contributed by atoms with Crippen molar-refractivity contribution in [1.82, 2.24) is 4.90 Å². The van der Waals surface area contributed by atoms with E-state index in [9.17, 15) is 4.79 Å². The molecule has 0 aliphatic carbocycles. The number of hydrogen-bond acceptors (Lipinski definition) is 3. The largest absolute Gasteiger partial charge is 0.324 e. The van der Waals surface area contributed by atoms with Crippen molar-refractivity contribution in [3.8, 4) is 6.07 Å². The summed E-state index contributed by atoms with van der Waals surface area (Å²) in [4.78, 5) is 14.5. The summed E-state index contributed by atoms with van der Waals surface area (Å²) in [5.41, 5.74) is 1.09. The van der Waals surface area contributed by atoms with Crippen LogP contribution in [0.2, 0.25) is 0 Å². The maximum atomic E-state index is 12.3. The highest BCUT2D eigenvalue weighted by Crippen LogP contribution is 2.19. The first-order chi connectivity index (χ1) is 9.61. The zero-order valence-corrected chi connectivity index (χ0v) is 12.1. The third kappa shape index (κ3) is 3.37. The number of nitriles is 1. The first-order valence-corrected chi connectivity index (χ1v) is 7.16. The number of likely N-dealkylation sites (tertiary alicyclic amines) is 1. The molecule has 1 saturated heterocycles. The van der Waals surface area contributed by atoms with E-state index < -0.39 is 0 Å². The van der Waals surface area contributed by atoms with Crippen molar-refractivity contribution in [3.63, 3.8) is 0 Å². The summed E-state index contributed by atoms with van der Waals surface area (Å²) < 4.78 is 0. The van der Waals surface area contributed by atoms with E-state index in [4.69, 9.17) is 5.26 Å². The summed E-state index contributed by atoms with van der Waals surface area (Å²) in [6, 6.07) is 9.03. The molecule has 2 atom stereocenters. The quantitative estimate of drug-likeness (QED) is 0.919. The van der Waals surface area contributed by atoms with Crippen molar-refractivity contribution in [2.45, 2.75) is 32.7 Å². The van der Waals surface area contributed by atoms with E-state index in [0.717, 1.165) is 19.5 Å². The molecule has 1 fully saturated rings. The maximum Gasteiger partial charge on any atom is 0.241 e. The average Bonchev–Trinajstić information content (AvgIpc) is 2.47. The Balaban J connectivity index is 2.02. The molecule has 1 amide bonds. The highest BCUT2D eigenvalue weighted by molar-refractivity contribution is 5.95. The second kappa shape index (κ2) is 6.53. The Bertz CT molecular complexity index is 521. The summed E-state index contributed by atoms with van der Waals surface area (Å²) in [5, 5.41) is 11.9. The molecule has 1 aliphatic rings. The molecular formula is C16H21N3O. The number of carbonyl (C=O) groups excluding carboxylic acids is 1.